The predicted molar refractivity (Wildman–Crippen MR) is 52.0 cm³/mol. The third-order valence-corrected chi connectivity index (χ3v) is 2.45. The predicted octanol–water partition coefficient (Wildman–Crippen LogP) is 0.0543. The Hall–Kier alpha value is -1.79. The summed E-state index contributed by atoms with van der Waals surface area (Å²) in [6, 6.07) is -0.525. The molecule has 3 N–H and O–H groups in total. The van der Waals surface area contributed by atoms with Crippen molar-refractivity contribution in [2.45, 2.75) is 25.4 Å². The number of piperidine rings is 1. The molecule has 15 heavy (non-hydrogen) atoms. The van der Waals surface area contributed by atoms with Gasteiger partial charge < -0.3 is 20.5 Å². The molecule has 1 atom stereocenters. The van der Waals surface area contributed by atoms with Gasteiger partial charge in [0.15, 0.2) is 12.1 Å². The van der Waals surface area contributed by atoms with Gasteiger partial charge in [0.2, 0.25) is 0 Å². The second-order valence-electron chi connectivity index (χ2n) is 3.48. The third-order valence-electron chi connectivity index (χ3n) is 2.45. The molecule has 1 saturated heterocycles. The lowest BCUT2D eigenvalue weighted by molar-refractivity contribution is 0.242. The maximum absolute atomic E-state index is 10.8. The molecule has 1 unspecified atom stereocenters. The molecule has 0 radical (unpaired) electrons. The van der Waals surface area contributed by atoms with Crippen molar-refractivity contribution in [1.29, 1.82) is 0 Å². The molecule has 2 amide bonds. The Morgan fingerprint density at radius 2 is 2.53 bits per heavy atom. The van der Waals surface area contributed by atoms with Gasteiger partial charge in [-0.05, 0) is 19.3 Å². The molecular formula is C8H13N5O2. The van der Waals surface area contributed by atoms with E-state index in [2.05, 4.69) is 20.2 Å². The quantitative estimate of drug-likeness (QED) is 0.720. The molecule has 82 valence electrons. The fourth-order valence-electron chi connectivity index (χ4n) is 1.80. The van der Waals surface area contributed by atoms with Gasteiger partial charge in [0.05, 0.1) is 0 Å². The minimum absolute atomic E-state index is 0.108. The number of nitrogens with zero attached hydrogens (tertiary/aromatic N) is 3. The van der Waals surface area contributed by atoms with Gasteiger partial charge in [-0.1, -0.05) is 5.10 Å². The van der Waals surface area contributed by atoms with Gasteiger partial charge in [0, 0.05) is 11.8 Å². The summed E-state index contributed by atoms with van der Waals surface area (Å²) in [7, 11) is 0. The molecule has 0 aromatic carbocycles. The van der Waals surface area contributed by atoms with E-state index in [-0.39, 0.29) is 6.17 Å². The van der Waals surface area contributed by atoms with Crippen LogP contribution in [0.3, 0.4) is 0 Å². The van der Waals surface area contributed by atoms with Gasteiger partial charge in [0.1, 0.15) is 6.17 Å². The number of amides is 2. The number of hydrogen-bond donors (Lipinski definition) is 2. The van der Waals surface area contributed by atoms with E-state index < -0.39 is 6.03 Å². The Morgan fingerprint density at radius 3 is 3.20 bits per heavy atom. The number of rotatable bonds is 2. The van der Waals surface area contributed by atoms with E-state index in [0.717, 1.165) is 25.8 Å². The highest BCUT2D eigenvalue weighted by molar-refractivity contribution is 5.72. The van der Waals surface area contributed by atoms with E-state index in [9.17, 15) is 4.79 Å². The second kappa shape index (κ2) is 4.16. The van der Waals surface area contributed by atoms with Gasteiger partial charge >= 0.3 is 6.03 Å². The molecule has 1 aliphatic rings. The van der Waals surface area contributed by atoms with Crippen LogP contribution in [0.4, 0.5) is 10.6 Å². The van der Waals surface area contributed by atoms with Crippen molar-refractivity contribution in [3.05, 3.63) is 6.26 Å². The smallest absolute Gasteiger partial charge is 0.313 e. The van der Waals surface area contributed by atoms with Crippen LogP contribution in [0.15, 0.2) is 10.8 Å². The van der Waals surface area contributed by atoms with E-state index in [1.807, 2.05) is 4.90 Å². The fourth-order valence-corrected chi connectivity index (χ4v) is 1.80. The summed E-state index contributed by atoms with van der Waals surface area (Å²) in [6.45, 7) is 0.819. The average Bonchev–Trinajstić information content (AvgIpc) is 2.70. The summed E-state index contributed by atoms with van der Waals surface area (Å²) in [6.07, 6.45) is 4.33. The largest absolute Gasteiger partial charge is 0.352 e. The summed E-state index contributed by atoms with van der Waals surface area (Å²) in [5.74, 6) is 0.633. The highest BCUT2D eigenvalue weighted by Crippen LogP contribution is 2.20. The second-order valence-corrected chi connectivity index (χ2v) is 3.48. The third kappa shape index (κ3) is 2.17. The topological polar surface area (TPSA) is 97.3 Å². The molecule has 0 saturated carbocycles. The lowest BCUT2D eigenvalue weighted by Crippen LogP contribution is -2.52. The van der Waals surface area contributed by atoms with E-state index >= 15 is 0 Å². The monoisotopic (exact) mass is 211 g/mol. The molecule has 0 bridgehead atoms. The van der Waals surface area contributed by atoms with Gasteiger partial charge in [-0.2, -0.15) is 0 Å². The lowest BCUT2D eigenvalue weighted by atomic mass is 10.1. The van der Waals surface area contributed by atoms with Gasteiger partial charge in [0.25, 0.3) is 0 Å². The van der Waals surface area contributed by atoms with Crippen molar-refractivity contribution < 1.29 is 9.32 Å². The number of aromatic nitrogens is 2. The van der Waals surface area contributed by atoms with Crippen LogP contribution in [0.25, 0.3) is 0 Å². The molecule has 1 aliphatic heterocycles. The molecule has 1 aromatic rings. The van der Waals surface area contributed by atoms with Crippen LogP contribution in [-0.4, -0.2) is 29.1 Å². The van der Waals surface area contributed by atoms with Crippen molar-refractivity contribution in [2.75, 3.05) is 11.4 Å². The first-order chi connectivity index (χ1) is 7.27. The summed E-state index contributed by atoms with van der Waals surface area (Å²) in [4.78, 5) is 12.7. The first kappa shape index (κ1) is 9.75. The Labute approximate surface area is 86.6 Å². The van der Waals surface area contributed by atoms with Crippen LogP contribution in [-0.2, 0) is 0 Å². The van der Waals surface area contributed by atoms with Crippen molar-refractivity contribution in [2.24, 2.45) is 5.73 Å². The van der Waals surface area contributed by atoms with Crippen molar-refractivity contribution >= 4 is 11.8 Å². The molecule has 1 fully saturated rings. The number of carbonyl (C=O) groups is 1. The van der Waals surface area contributed by atoms with Crippen LogP contribution in [0.1, 0.15) is 19.3 Å². The number of nitrogens with one attached hydrogen (secondary N) is 1. The molecule has 7 heteroatoms. The number of primary amides is 1. The van der Waals surface area contributed by atoms with Crippen LogP contribution < -0.4 is 16.0 Å². The molecule has 0 aliphatic carbocycles. The van der Waals surface area contributed by atoms with Gasteiger partial charge in [-0.15, -0.1) is 0 Å². The summed E-state index contributed by atoms with van der Waals surface area (Å²) in [5.41, 5.74) is 5.10. The number of nitrogens with two attached hydrogens (primary N) is 1. The number of urea groups is 1. The first-order valence-corrected chi connectivity index (χ1v) is 4.87. The maximum atomic E-state index is 10.8. The zero-order chi connectivity index (χ0) is 10.7. The number of hydrogen-bond acceptors (Lipinski definition) is 5. The molecule has 1 aromatic heterocycles. The Kier molecular flexibility index (Phi) is 2.70. The van der Waals surface area contributed by atoms with E-state index in [0.29, 0.717) is 5.82 Å². The minimum atomic E-state index is -0.525. The normalized spacial score (nSPS) is 21.3. The highest BCUT2D eigenvalue weighted by Gasteiger charge is 2.25. The molecule has 2 heterocycles. The first-order valence-electron chi connectivity index (χ1n) is 4.87. The van der Waals surface area contributed by atoms with Gasteiger partial charge in [-0.25, -0.2) is 4.79 Å². The van der Waals surface area contributed by atoms with E-state index in [1.165, 1.54) is 6.26 Å². The summed E-state index contributed by atoms with van der Waals surface area (Å²) in [5, 5.41) is 9.89. The highest BCUT2D eigenvalue weighted by atomic mass is 16.5. The van der Waals surface area contributed by atoms with Crippen LogP contribution in [0.2, 0.25) is 0 Å². The molecular weight excluding hydrogens is 198 g/mol. The number of carbonyl (C=O) groups excluding carboxylic acids is 1. The van der Waals surface area contributed by atoms with Gasteiger partial charge in [-0.3, -0.25) is 0 Å². The van der Waals surface area contributed by atoms with Crippen molar-refractivity contribution in [3.8, 4) is 0 Å². The van der Waals surface area contributed by atoms with Crippen LogP contribution >= 0.6 is 0 Å². The van der Waals surface area contributed by atoms with Crippen molar-refractivity contribution in [1.82, 2.24) is 15.7 Å². The minimum Gasteiger partial charge on any atom is -0.352 e. The van der Waals surface area contributed by atoms with Crippen molar-refractivity contribution in [3.63, 3.8) is 0 Å². The number of anilines is 1. The molecule has 2 rings (SSSR count). The Morgan fingerprint density at radius 1 is 1.67 bits per heavy atom. The van der Waals surface area contributed by atoms with E-state index in [1.54, 1.807) is 0 Å². The maximum Gasteiger partial charge on any atom is 0.313 e. The zero-order valence-corrected chi connectivity index (χ0v) is 8.22. The van der Waals surface area contributed by atoms with Crippen LogP contribution in [0.5, 0.6) is 0 Å². The van der Waals surface area contributed by atoms with E-state index in [4.69, 9.17) is 5.73 Å². The summed E-state index contributed by atoms with van der Waals surface area (Å²) < 4.78 is 4.67. The SMILES string of the molecule is NC(=O)NC1CCCCN1c1conn1. The molecule has 0 spiro atoms. The average molecular weight is 211 g/mol. The Bertz CT molecular complexity index is 326. The lowest BCUT2D eigenvalue weighted by Gasteiger charge is -2.35. The standard InChI is InChI=1S/C8H13N5O2/c9-8(14)10-6-3-1-2-4-13(6)7-5-15-12-11-7/h5-6H,1-4H2,(H3,9,10,14). The fraction of sp³-hybridized carbons (Fsp3) is 0.625. The zero-order valence-electron chi connectivity index (χ0n) is 8.22. The molecule has 7 nitrogen and oxygen atoms in total. The van der Waals surface area contributed by atoms with Crippen LogP contribution in [0, 0.1) is 0 Å². The summed E-state index contributed by atoms with van der Waals surface area (Å²) >= 11 is 0. The Balaban J connectivity index is 2.09.